The van der Waals surface area contributed by atoms with E-state index in [0.717, 1.165) is 11.3 Å². The number of amides is 2. The lowest BCUT2D eigenvalue weighted by molar-refractivity contribution is -0.134. The van der Waals surface area contributed by atoms with Crippen LogP contribution in [-0.4, -0.2) is 49.9 Å². The van der Waals surface area contributed by atoms with E-state index in [2.05, 4.69) is 10.1 Å². The van der Waals surface area contributed by atoms with Gasteiger partial charge in [-0.2, -0.15) is 5.10 Å². The van der Waals surface area contributed by atoms with Crippen molar-refractivity contribution in [2.45, 2.75) is 51.9 Å². The molecule has 1 atom stereocenters. The Balaban J connectivity index is 1.56. The second-order valence-electron chi connectivity index (χ2n) is 7.91. The third-order valence-corrected chi connectivity index (χ3v) is 5.30. The summed E-state index contributed by atoms with van der Waals surface area (Å²) in [4.78, 5) is 32.6. The van der Waals surface area contributed by atoms with E-state index < -0.39 is 5.60 Å². The van der Waals surface area contributed by atoms with E-state index in [4.69, 9.17) is 16.3 Å². The Morgan fingerprint density at radius 3 is 2.89 bits per heavy atom. The average molecular weight is 404 g/mol. The Kier molecular flexibility index (Phi) is 4.53. The van der Waals surface area contributed by atoms with Gasteiger partial charge in [0.15, 0.2) is 0 Å². The van der Waals surface area contributed by atoms with Crippen LogP contribution in [0.4, 0.5) is 10.5 Å². The molecule has 4 rings (SSSR count). The summed E-state index contributed by atoms with van der Waals surface area (Å²) in [6.45, 7) is 7.15. The molecule has 2 aromatic heterocycles. The summed E-state index contributed by atoms with van der Waals surface area (Å²) in [5.74, 6) is -0.00232. The second-order valence-corrected chi connectivity index (χ2v) is 8.29. The lowest BCUT2D eigenvalue weighted by Gasteiger charge is -2.35. The zero-order chi connectivity index (χ0) is 20.1. The number of anilines is 1. The number of hydrogen-bond donors (Lipinski definition) is 0. The molecule has 0 spiro atoms. The zero-order valence-electron chi connectivity index (χ0n) is 16.1. The summed E-state index contributed by atoms with van der Waals surface area (Å²) in [6, 6.07) is 3.48. The lowest BCUT2D eigenvalue weighted by atomic mass is 10.1. The highest BCUT2D eigenvalue weighted by molar-refractivity contribution is 6.29. The number of ether oxygens (including phenoxy) is 1. The first-order chi connectivity index (χ1) is 13.2. The molecular weight excluding hydrogens is 382 g/mol. The van der Waals surface area contributed by atoms with Crippen molar-refractivity contribution in [3.05, 3.63) is 40.9 Å². The van der Waals surface area contributed by atoms with Gasteiger partial charge in [0.2, 0.25) is 5.91 Å². The molecule has 0 unspecified atom stereocenters. The number of nitrogens with zero attached hydrogens (tertiary/aromatic N) is 5. The van der Waals surface area contributed by atoms with Crippen LogP contribution >= 0.6 is 11.6 Å². The van der Waals surface area contributed by atoms with E-state index in [-0.39, 0.29) is 24.5 Å². The van der Waals surface area contributed by atoms with Gasteiger partial charge in [0.25, 0.3) is 0 Å². The van der Waals surface area contributed by atoms with Crippen molar-refractivity contribution in [1.29, 1.82) is 0 Å². The monoisotopic (exact) mass is 403 g/mol. The number of fused-ring (bicyclic) bond motifs is 1. The fourth-order valence-electron chi connectivity index (χ4n) is 3.73. The molecule has 8 nitrogen and oxygen atoms in total. The van der Waals surface area contributed by atoms with E-state index in [9.17, 15) is 9.59 Å². The number of aromatic nitrogens is 3. The molecule has 1 fully saturated rings. The summed E-state index contributed by atoms with van der Waals surface area (Å²) >= 11 is 5.93. The summed E-state index contributed by atoms with van der Waals surface area (Å²) in [5, 5.41) is 4.79. The van der Waals surface area contributed by atoms with Crippen LogP contribution in [0.15, 0.2) is 24.5 Å². The standard InChI is InChI=1S/C19H22ClN5O3/c1-12-9-25-15(14(8-22-25)24-11-19(2,3)28-18(24)27)10-23(12)17(26)7-13-4-5-21-16(20)6-13/h4-6,8,12H,7,9-11H2,1-3H3/t12-/m0/s1. The summed E-state index contributed by atoms with van der Waals surface area (Å²) in [7, 11) is 0. The van der Waals surface area contributed by atoms with Gasteiger partial charge in [0.05, 0.1) is 43.6 Å². The van der Waals surface area contributed by atoms with Gasteiger partial charge in [-0.05, 0) is 38.5 Å². The summed E-state index contributed by atoms with van der Waals surface area (Å²) < 4.78 is 7.28. The lowest BCUT2D eigenvalue weighted by Crippen LogP contribution is -2.46. The summed E-state index contributed by atoms with van der Waals surface area (Å²) in [6.07, 6.45) is 3.14. The number of rotatable bonds is 3. The minimum absolute atomic E-state index is 0.00232. The molecule has 0 radical (unpaired) electrons. The molecule has 0 bridgehead atoms. The van der Waals surface area contributed by atoms with Gasteiger partial charge in [-0.25, -0.2) is 9.78 Å². The molecule has 148 valence electrons. The van der Waals surface area contributed by atoms with Crippen molar-refractivity contribution in [2.75, 3.05) is 11.4 Å². The van der Waals surface area contributed by atoms with Crippen LogP contribution < -0.4 is 4.90 Å². The minimum atomic E-state index is -0.552. The topological polar surface area (TPSA) is 80.6 Å². The molecule has 0 saturated carbocycles. The Morgan fingerprint density at radius 1 is 1.43 bits per heavy atom. The molecule has 0 aromatic carbocycles. The minimum Gasteiger partial charge on any atom is -0.441 e. The van der Waals surface area contributed by atoms with Gasteiger partial charge >= 0.3 is 6.09 Å². The molecule has 0 aliphatic carbocycles. The maximum Gasteiger partial charge on any atom is 0.415 e. The van der Waals surface area contributed by atoms with E-state index in [1.165, 1.54) is 0 Å². The van der Waals surface area contributed by atoms with E-state index in [0.29, 0.717) is 30.5 Å². The first kappa shape index (κ1) is 18.7. The van der Waals surface area contributed by atoms with Gasteiger partial charge in [-0.1, -0.05) is 11.6 Å². The third-order valence-electron chi connectivity index (χ3n) is 5.10. The molecule has 2 aliphatic heterocycles. The van der Waals surface area contributed by atoms with Gasteiger partial charge in [0, 0.05) is 12.2 Å². The van der Waals surface area contributed by atoms with Gasteiger partial charge in [0.1, 0.15) is 10.8 Å². The molecule has 2 amide bonds. The quantitative estimate of drug-likeness (QED) is 0.736. The average Bonchev–Trinajstić information content (AvgIpc) is 3.12. The molecule has 28 heavy (non-hydrogen) atoms. The zero-order valence-corrected chi connectivity index (χ0v) is 16.8. The smallest absolute Gasteiger partial charge is 0.415 e. The van der Waals surface area contributed by atoms with E-state index in [1.54, 1.807) is 29.4 Å². The first-order valence-corrected chi connectivity index (χ1v) is 9.56. The molecule has 0 N–H and O–H groups in total. The van der Waals surface area contributed by atoms with Crippen LogP contribution in [0.1, 0.15) is 32.0 Å². The van der Waals surface area contributed by atoms with Gasteiger partial charge < -0.3 is 9.64 Å². The molecular formula is C19H22ClN5O3. The number of hydrogen-bond acceptors (Lipinski definition) is 5. The molecule has 2 aromatic rings. The molecule has 2 aliphatic rings. The predicted octanol–water partition coefficient (Wildman–Crippen LogP) is 2.64. The number of carbonyl (C=O) groups excluding carboxylic acids is 2. The number of pyridine rings is 1. The highest BCUT2D eigenvalue weighted by Crippen LogP contribution is 2.33. The molecule has 4 heterocycles. The number of halogens is 1. The summed E-state index contributed by atoms with van der Waals surface area (Å²) in [5.41, 5.74) is 1.81. The Bertz CT molecular complexity index is 941. The van der Waals surface area contributed by atoms with Gasteiger partial charge in [-0.3, -0.25) is 14.4 Å². The number of carbonyl (C=O) groups is 2. The first-order valence-electron chi connectivity index (χ1n) is 9.18. The third kappa shape index (κ3) is 3.44. The number of cyclic esters (lactones) is 1. The predicted molar refractivity (Wildman–Crippen MR) is 103 cm³/mol. The van der Waals surface area contributed by atoms with Crippen molar-refractivity contribution < 1.29 is 14.3 Å². The highest BCUT2D eigenvalue weighted by atomic mass is 35.5. The Labute approximate surface area is 168 Å². The highest BCUT2D eigenvalue weighted by Gasteiger charge is 2.41. The fourth-order valence-corrected chi connectivity index (χ4v) is 3.92. The van der Waals surface area contributed by atoms with E-state index >= 15 is 0 Å². The van der Waals surface area contributed by atoms with Crippen LogP contribution in [-0.2, 0) is 29.0 Å². The van der Waals surface area contributed by atoms with Crippen LogP contribution in [0, 0.1) is 0 Å². The normalized spacial score (nSPS) is 20.9. The van der Waals surface area contributed by atoms with Crippen LogP contribution in [0.5, 0.6) is 0 Å². The second kappa shape index (κ2) is 6.77. The van der Waals surface area contributed by atoms with Crippen molar-refractivity contribution in [1.82, 2.24) is 19.7 Å². The van der Waals surface area contributed by atoms with Crippen molar-refractivity contribution in [3.8, 4) is 0 Å². The Hall–Kier alpha value is -2.61. The van der Waals surface area contributed by atoms with Crippen molar-refractivity contribution in [3.63, 3.8) is 0 Å². The Morgan fingerprint density at radius 2 is 2.21 bits per heavy atom. The largest absolute Gasteiger partial charge is 0.441 e. The maximum atomic E-state index is 12.9. The van der Waals surface area contributed by atoms with Crippen LogP contribution in [0.3, 0.4) is 0 Å². The SMILES string of the molecule is C[C@H]1Cn2ncc(N3CC(C)(C)OC3=O)c2CN1C(=O)Cc1ccnc(Cl)c1. The fraction of sp³-hybridized carbons (Fsp3) is 0.474. The van der Waals surface area contributed by atoms with Crippen LogP contribution in [0.25, 0.3) is 0 Å². The maximum absolute atomic E-state index is 12.9. The molecule has 9 heteroatoms. The molecule has 1 saturated heterocycles. The van der Waals surface area contributed by atoms with Crippen LogP contribution in [0.2, 0.25) is 5.15 Å². The van der Waals surface area contributed by atoms with E-state index in [1.807, 2.05) is 30.4 Å². The van der Waals surface area contributed by atoms with Crippen molar-refractivity contribution in [2.24, 2.45) is 0 Å². The van der Waals surface area contributed by atoms with Gasteiger partial charge in [-0.15, -0.1) is 0 Å². The van der Waals surface area contributed by atoms with Crippen molar-refractivity contribution >= 4 is 29.3 Å².